The summed E-state index contributed by atoms with van der Waals surface area (Å²) in [4.78, 5) is 14.6. The van der Waals surface area contributed by atoms with Crippen molar-refractivity contribution in [3.8, 4) is 29.0 Å². The molecule has 0 saturated heterocycles. The molecule has 4 heterocycles. The van der Waals surface area contributed by atoms with E-state index in [1.54, 1.807) is 17.0 Å². The number of rotatable bonds is 6. The molecule has 236 valence electrons. The number of nitriles is 1. The molecular formula is C31H24F5N7O2S. The Morgan fingerprint density at radius 1 is 1.17 bits per heavy atom. The Balaban J connectivity index is 1.59. The number of nitrogen functional groups attached to an aromatic ring is 2. The highest BCUT2D eigenvalue weighted by atomic mass is 32.1. The summed E-state index contributed by atoms with van der Waals surface area (Å²) in [5, 5.41) is 9.14. The van der Waals surface area contributed by atoms with E-state index in [0.29, 0.717) is 29.2 Å². The number of benzene rings is 2. The van der Waals surface area contributed by atoms with Gasteiger partial charge in [0.2, 0.25) is 0 Å². The third kappa shape index (κ3) is 4.66. The molecule has 1 saturated carbocycles. The van der Waals surface area contributed by atoms with E-state index in [9.17, 15) is 9.65 Å². The van der Waals surface area contributed by atoms with Crippen molar-refractivity contribution >= 4 is 49.0 Å². The second-order valence-corrected chi connectivity index (χ2v) is 12.2. The topological polar surface area (TPSA) is 136 Å². The summed E-state index contributed by atoms with van der Waals surface area (Å²) >= 11 is 0.685. The number of hydrogen-bond donors (Lipinski definition) is 2. The third-order valence-corrected chi connectivity index (χ3v) is 9.40. The van der Waals surface area contributed by atoms with Crippen LogP contribution >= 0.6 is 11.3 Å². The van der Waals surface area contributed by atoms with Crippen LogP contribution < -0.4 is 25.8 Å². The Morgan fingerprint density at radius 3 is 2.63 bits per heavy atom. The predicted octanol–water partition coefficient (Wildman–Crippen LogP) is 6.99. The van der Waals surface area contributed by atoms with Crippen molar-refractivity contribution < 1.29 is 31.4 Å². The fraction of sp³-hybridized carbons (Fsp3) is 0.290. The minimum absolute atomic E-state index is 0.0269. The van der Waals surface area contributed by atoms with Crippen LogP contribution in [0.5, 0.6) is 11.8 Å². The first-order valence-corrected chi connectivity index (χ1v) is 15.0. The van der Waals surface area contributed by atoms with Gasteiger partial charge < -0.3 is 25.8 Å². The normalized spacial score (nSPS) is 15.5. The van der Waals surface area contributed by atoms with Gasteiger partial charge >= 0.3 is 12.2 Å². The number of methoxy groups -OCH3 is 1. The molecule has 1 fully saturated rings. The Labute approximate surface area is 262 Å². The molecule has 2 aliphatic rings. The highest BCUT2D eigenvalue weighted by Gasteiger charge is 2.44. The number of thiophene rings is 1. The molecule has 1 atom stereocenters. The molecular weight excluding hydrogens is 629 g/mol. The summed E-state index contributed by atoms with van der Waals surface area (Å²) in [6.45, 7) is -0.179. The molecule has 0 radical (unpaired) electrons. The van der Waals surface area contributed by atoms with E-state index in [1.165, 1.54) is 13.3 Å². The fourth-order valence-electron chi connectivity index (χ4n) is 6.20. The standard InChI is InChI=1S/C31H24F5N7O2S/c1-44-30-41-24-21-25(45-10-9-43(29(21)42-30)18(11-13-4-5-13)14-3-2-8-40-27(14)38)22(31(34,35)36)20(23(24)33)15-6-7-17(32)26-19(15)16(12-37)28(39)46-26/h2-3,6-8,13,18H,4-5,9-11,39H2,1H3,(H2,38,40)/t18-/m1/s1. The van der Waals surface area contributed by atoms with E-state index in [-0.39, 0.29) is 62.4 Å². The van der Waals surface area contributed by atoms with Crippen LogP contribution in [0.25, 0.3) is 32.1 Å². The number of nitrogens with zero attached hydrogens (tertiary/aromatic N) is 5. The number of ether oxygens (including phenoxy) is 2. The predicted molar refractivity (Wildman–Crippen MR) is 163 cm³/mol. The summed E-state index contributed by atoms with van der Waals surface area (Å²) < 4.78 is 88.6. The Bertz CT molecular complexity index is 2090. The van der Waals surface area contributed by atoms with Crippen LogP contribution in [0.15, 0.2) is 30.5 Å². The maximum absolute atomic E-state index is 17.0. The average molecular weight is 654 g/mol. The average Bonchev–Trinajstić information content (AvgIpc) is 3.81. The van der Waals surface area contributed by atoms with Crippen molar-refractivity contribution in [2.24, 2.45) is 5.92 Å². The van der Waals surface area contributed by atoms with Gasteiger partial charge in [0.05, 0.1) is 35.3 Å². The van der Waals surface area contributed by atoms with Crippen LogP contribution in [0.2, 0.25) is 0 Å². The summed E-state index contributed by atoms with van der Waals surface area (Å²) in [6, 6.07) is 6.45. The number of nitrogens with two attached hydrogens (primary N) is 2. The molecule has 46 heavy (non-hydrogen) atoms. The van der Waals surface area contributed by atoms with E-state index < -0.39 is 46.2 Å². The lowest BCUT2D eigenvalue weighted by molar-refractivity contribution is -0.138. The number of halogens is 5. The van der Waals surface area contributed by atoms with Crippen LogP contribution in [0.4, 0.5) is 38.6 Å². The van der Waals surface area contributed by atoms with Gasteiger partial charge in [0, 0.05) is 22.7 Å². The van der Waals surface area contributed by atoms with E-state index >= 15 is 17.6 Å². The lowest BCUT2D eigenvalue weighted by atomic mass is 9.91. The van der Waals surface area contributed by atoms with Gasteiger partial charge in [-0.3, -0.25) is 0 Å². The van der Waals surface area contributed by atoms with E-state index in [2.05, 4.69) is 15.0 Å². The summed E-state index contributed by atoms with van der Waals surface area (Å²) in [5.41, 5.74) is 9.32. The van der Waals surface area contributed by atoms with E-state index in [0.717, 1.165) is 25.0 Å². The fourth-order valence-corrected chi connectivity index (χ4v) is 7.15. The quantitative estimate of drug-likeness (QED) is 0.186. The molecule has 2 aromatic carbocycles. The molecule has 1 aliphatic heterocycles. The van der Waals surface area contributed by atoms with Crippen molar-refractivity contribution in [1.82, 2.24) is 15.0 Å². The van der Waals surface area contributed by atoms with Crippen molar-refractivity contribution in [3.63, 3.8) is 0 Å². The number of alkyl halides is 3. The zero-order valence-electron chi connectivity index (χ0n) is 24.1. The minimum atomic E-state index is -5.18. The first-order valence-electron chi connectivity index (χ1n) is 14.2. The number of hydrogen-bond acceptors (Lipinski definition) is 10. The zero-order chi connectivity index (χ0) is 32.5. The first kappa shape index (κ1) is 29.7. The maximum atomic E-state index is 17.0. The summed E-state index contributed by atoms with van der Waals surface area (Å²) in [5.74, 6) is -2.33. The Hall–Kier alpha value is -4.97. The van der Waals surface area contributed by atoms with Crippen LogP contribution in [-0.2, 0) is 6.18 Å². The molecule has 0 spiro atoms. The maximum Gasteiger partial charge on any atom is 0.420 e. The molecule has 5 aromatic rings. The minimum Gasteiger partial charge on any atom is -0.490 e. The van der Waals surface area contributed by atoms with E-state index in [1.807, 2.05) is 6.07 Å². The molecule has 9 nitrogen and oxygen atoms in total. The van der Waals surface area contributed by atoms with Gasteiger partial charge in [0.15, 0.2) is 5.82 Å². The van der Waals surface area contributed by atoms with Crippen molar-refractivity contribution in [1.29, 1.82) is 5.26 Å². The molecule has 0 amide bonds. The second kappa shape index (κ2) is 10.8. The second-order valence-electron chi connectivity index (χ2n) is 11.1. The molecule has 0 unspecified atom stereocenters. The lowest BCUT2D eigenvalue weighted by Gasteiger charge is -2.33. The first-order chi connectivity index (χ1) is 22.0. The smallest absolute Gasteiger partial charge is 0.420 e. The van der Waals surface area contributed by atoms with Crippen LogP contribution in [0, 0.1) is 28.9 Å². The number of anilines is 3. The third-order valence-electron chi connectivity index (χ3n) is 8.38. The summed E-state index contributed by atoms with van der Waals surface area (Å²) in [7, 11) is 1.26. The van der Waals surface area contributed by atoms with Crippen molar-refractivity contribution in [2.75, 3.05) is 36.6 Å². The number of fused-ring (bicyclic) bond motifs is 1. The lowest BCUT2D eigenvalue weighted by Crippen LogP contribution is -2.33. The Kier molecular flexibility index (Phi) is 7.00. The van der Waals surface area contributed by atoms with Gasteiger partial charge in [-0.1, -0.05) is 25.0 Å². The van der Waals surface area contributed by atoms with Crippen LogP contribution in [0.1, 0.15) is 42.0 Å². The van der Waals surface area contributed by atoms with Gasteiger partial charge in [-0.2, -0.15) is 28.4 Å². The van der Waals surface area contributed by atoms with Gasteiger partial charge in [0.25, 0.3) is 0 Å². The number of pyridine rings is 1. The molecule has 0 bridgehead atoms. The van der Waals surface area contributed by atoms with E-state index in [4.69, 9.17) is 20.9 Å². The van der Waals surface area contributed by atoms with Crippen LogP contribution in [0.3, 0.4) is 0 Å². The van der Waals surface area contributed by atoms with Gasteiger partial charge in [-0.25, -0.2) is 13.8 Å². The molecule has 7 rings (SSSR count). The molecule has 1 aliphatic carbocycles. The van der Waals surface area contributed by atoms with Gasteiger partial charge in [0.1, 0.15) is 52.0 Å². The van der Waals surface area contributed by atoms with Gasteiger partial charge in [-0.15, -0.1) is 11.3 Å². The zero-order valence-corrected chi connectivity index (χ0v) is 24.9. The highest BCUT2D eigenvalue weighted by Crippen LogP contribution is 2.54. The molecule has 3 aromatic heterocycles. The molecule has 15 heteroatoms. The summed E-state index contributed by atoms with van der Waals surface area (Å²) in [6.07, 6.45) is -1.10. The van der Waals surface area contributed by atoms with Crippen molar-refractivity contribution in [2.45, 2.75) is 31.5 Å². The molecule has 4 N–H and O–H groups in total. The number of aromatic nitrogens is 3. The largest absolute Gasteiger partial charge is 0.490 e. The van der Waals surface area contributed by atoms with Gasteiger partial charge in [-0.05, 0) is 30.0 Å². The highest BCUT2D eigenvalue weighted by molar-refractivity contribution is 7.23. The van der Waals surface area contributed by atoms with Crippen molar-refractivity contribution in [3.05, 3.63) is 58.8 Å². The SMILES string of the molecule is COc1nc2c3c(c(C(F)(F)F)c(-c4ccc(F)c5sc(N)c(C#N)c45)c(F)c3n1)OCCN2[C@H](CC1CC1)c1cccnc1N. The monoisotopic (exact) mass is 653 g/mol. The Morgan fingerprint density at radius 2 is 1.96 bits per heavy atom. The van der Waals surface area contributed by atoms with Crippen LogP contribution in [-0.4, -0.2) is 35.2 Å².